The quantitative estimate of drug-likeness (QED) is 0.739. The van der Waals surface area contributed by atoms with Gasteiger partial charge in [0.1, 0.15) is 0 Å². The number of fused-ring (bicyclic) bond motifs is 4. The molecule has 0 fully saturated rings. The van der Waals surface area contributed by atoms with Crippen LogP contribution in [0, 0.1) is 5.92 Å². The third kappa shape index (κ3) is 2.35. The summed E-state index contributed by atoms with van der Waals surface area (Å²) in [4.78, 5) is 16.2. The highest BCUT2D eigenvalue weighted by Gasteiger charge is 2.40. The maximum atomic E-state index is 11.9. The topological polar surface area (TPSA) is 67.2 Å². The minimum Gasteiger partial charge on any atom is -0.388 e. The van der Waals surface area contributed by atoms with Crippen LogP contribution in [-0.2, 0) is 6.42 Å². The molecule has 1 aliphatic heterocycles. The average molecular weight is 359 g/mol. The number of hydrogen-bond acceptors (Lipinski definition) is 3. The molecule has 1 amide bonds. The molecule has 5 heteroatoms. The van der Waals surface area contributed by atoms with Crippen molar-refractivity contribution in [2.24, 2.45) is 5.92 Å². The van der Waals surface area contributed by atoms with Gasteiger partial charge in [0.15, 0.2) is 0 Å². The number of aliphatic hydroxyl groups excluding tert-OH is 1. The Morgan fingerprint density at radius 2 is 2.07 bits per heavy atom. The molecule has 2 aromatic carbocycles. The first-order chi connectivity index (χ1) is 13.2. The molecule has 0 radical (unpaired) electrons. The van der Waals surface area contributed by atoms with Gasteiger partial charge in [0.05, 0.1) is 30.4 Å². The van der Waals surface area contributed by atoms with Gasteiger partial charge < -0.3 is 15.0 Å². The number of aliphatic hydroxyl groups is 1. The molecule has 136 valence electrons. The van der Waals surface area contributed by atoms with Gasteiger partial charge in [-0.05, 0) is 41.7 Å². The Balaban J connectivity index is 1.54. The SMILES string of the molecule is CNC(=O)c1ccc2c(c1)CCC([C@@H]1c3ccccc3-c3cncn31)C2O. The second-order valence-corrected chi connectivity index (χ2v) is 7.36. The number of rotatable bonds is 2. The summed E-state index contributed by atoms with van der Waals surface area (Å²) in [7, 11) is 1.63. The first-order valence-corrected chi connectivity index (χ1v) is 9.33. The van der Waals surface area contributed by atoms with Crippen molar-refractivity contribution in [3.8, 4) is 11.3 Å². The van der Waals surface area contributed by atoms with E-state index in [1.165, 1.54) is 11.1 Å². The van der Waals surface area contributed by atoms with Crippen LogP contribution in [0.15, 0.2) is 55.0 Å². The fourth-order valence-electron chi connectivity index (χ4n) is 4.75. The van der Waals surface area contributed by atoms with Gasteiger partial charge in [0.2, 0.25) is 0 Å². The normalized spacial score (nSPS) is 22.7. The van der Waals surface area contributed by atoms with E-state index in [0.717, 1.165) is 29.7 Å². The van der Waals surface area contributed by atoms with E-state index in [1.807, 2.05) is 30.7 Å². The molecule has 2 N–H and O–H groups in total. The Hall–Kier alpha value is -2.92. The summed E-state index contributed by atoms with van der Waals surface area (Å²) in [6.45, 7) is 0. The molecule has 5 rings (SSSR count). The Bertz CT molecular complexity index is 1040. The van der Waals surface area contributed by atoms with E-state index >= 15 is 0 Å². The lowest BCUT2D eigenvalue weighted by Crippen LogP contribution is -2.29. The van der Waals surface area contributed by atoms with Crippen LogP contribution in [0.25, 0.3) is 11.3 Å². The molecule has 0 saturated heterocycles. The first-order valence-electron chi connectivity index (χ1n) is 9.33. The molecule has 5 nitrogen and oxygen atoms in total. The van der Waals surface area contributed by atoms with Crippen LogP contribution >= 0.6 is 0 Å². The van der Waals surface area contributed by atoms with Crippen molar-refractivity contribution >= 4 is 5.91 Å². The minimum absolute atomic E-state index is 0.0694. The number of carbonyl (C=O) groups is 1. The summed E-state index contributed by atoms with van der Waals surface area (Å²) in [5, 5.41) is 13.9. The summed E-state index contributed by atoms with van der Waals surface area (Å²) in [6, 6.07) is 14.1. The third-order valence-electron chi connectivity index (χ3n) is 6.03. The molecule has 0 saturated carbocycles. The molecule has 0 bridgehead atoms. The van der Waals surface area contributed by atoms with E-state index in [2.05, 4.69) is 33.1 Å². The van der Waals surface area contributed by atoms with Gasteiger partial charge in [-0.1, -0.05) is 30.3 Å². The monoisotopic (exact) mass is 359 g/mol. The average Bonchev–Trinajstić information content (AvgIpc) is 3.29. The van der Waals surface area contributed by atoms with Gasteiger partial charge in [-0.25, -0.2) is 4.98 Å². The highest BCUT2D eigenvalue weighted by Crippen LogP contribution is 2.49. The zero-order valence-electron chi connectivity index (χ0n) is 15.1. The van der Waals surface area contributed by atoms with E-state index < -0.39 is 6.10 Å². The number of imidazole rings is 1. The Labute approximate surface area is 157 Å². The minimum atomic E-state index is -0.570. The van der Waals surface area contributed by atoms with Crippen LogP contribution in [0.5, 0.6) is 0 Å². The summed E-state index contributed by atoms with van der Waals surface area (Å²) in [5.74, 6) is -0.0258. The number of benzene rings is 2. The predicted octanol–water partition coefficient (Wildman–Crippen LogP) is 3.11. The first kappa shape index (κ1) is 16.3. The van der Waals surface area contributed by atoms with E-state index in [4.69, 9.17) is 0 Å². The maximum Gasteiger partial charge on any atom is 0.251 e. The van der Waals surface area contributed by atoms with Crippen molar-refractivity contribution in [1.82, 2.24) is 14.9 Å². The lowest BCUT2D eigenvalue weighted by Gasteiger charge is -2.35. The second kappa shape index (κ2) is 6.06. The fraction of sp³-hybridized carbons (Fsp3) is 0.273. The van der Waals surface area contributed by atoms with Crippen LogP contribution in [0.3, 0.4) is 0 Å². The molecule has 1 aliphatic carbocycles. The highest BCUT2D eigenvalue weighted by atomic mass is 16.3. The number of carbonyl (C=O) groups excluding carboxylic acids is 1. The number of nitrogens with zero attached hydrogens (tertiary/aromatic N) is 2. The predicted molar refractivity (Wildman–Crippen MR) is 102 cm³/mol. The van der Waals surface area contributed by atoms with E-state index in [9.17, 15) is 9.90 Å². The van der Waals surface area contributed by atoms with Gasteiger partial charge in [-0.3, -0.25) is 4.79 Å². The van der Waals surface area contributed by atoms with Crippen molar-refractivity contribution in [3.05, 3.63) is 77.2 Å². The van der Waals surface area contributed by atoms with Crippen molar-refractivity contribution in [1.29, 1.82) is 0 Å². The van der Waals surface area contributed by atoms with Crippen LogP contribution in [0.4, 0.5) is 0 Å². The molecule has 2 heterocycles. The number of amides is 1. The fourth-order valence-corrected chi connectivity index (χ4v) is 4.75. The summed E-state index contributed by atoms with van der Waals surface area (Å²) in [6.07, 6.45) is 4.92. The number of aromatic nitrogens is 2. The van der Waals surface area contributed by atoms with Crippen molar-refractivity contribution < 1.29 is 9.90 Å². The summed E-state index contributed by atoms with van der Waals surface area (Å²) < 4.78 is 2.20. The van der Waals surface area contributed by atoms with Gasteiger partial charge >= 0.3 is 0 Å². The van der Waals surface area contributed by atoms with Gasteiger partial charge in [-0.15, -0.1) is 0 Å². The van der Waals surface area contributed by atoms with Gasteiger partial charge in [-0.2, -0.15) is 0 Å². The molecule has 3 aromatic rings. The van der Waals surface area contributed by atoms with E-state index in [0.29, 0.717) is 5.56 Å². The lowest BCUT2D eigenvalue weighted by molar-refractivity contribution is 0.0719. The van der Waals surface area contributed by atoms with Crippen molar-refractivity contribution in [2.75, 3.05) is 7.05 Å². The van der Waals surface area contributed by atoms with Crippen LogP contribution in [0.1, 0.15) is 45.6 Å². The van der Waals surface area contributed by atoms with Gasteiger partial charge in [0.25, 0.3) is 5.91 Å². The molecule has 1 aromatic heterocycles. The van der Waals surface area contributed by atoms with Crippen LogP contribution < -0.4 is 5.32 Å². The molecule has 0 spiro atoms. The molecular weight excluding hydrogens is 338 g/mol. The molecule has 3 atom stereocenters. The highest BCUT2D eigenvalue weighted by molar-refractivity contribution is 5.94. The Morgan fingerprint density at radius 3 is 2.93 bits per heavy atom. The lowest BCUT2D eigenvalue weighted by atomic mass is 9.75. The van der Waals surface area contributed by atoms with Crippen molar-refractivity contribution in [2.45, 2.75) is 25.0 Å². The van der Waals surface area contributed by atoms with E-state index in [1.54, 1.807) is 13.1 Å². The smallest absolute Gasteiger partial charge is 0.251 e. The summed E-state index contributed by atoms with van der Waals surface area (Å²) in [5.41, 5.74) is 6.22. The summed E-state index contributed by atoms with van der Waals surface area (Å²) >= 11 is 0. The van der Waals surface area contributed by atoms with E-state index in [-0.39, 0.29) is 17.9 Å². The molecular formula is C22H21N3O2. The molecule has 27 heavy (non-hydrogen) atoms. The molecule has 2 unspecified atom stereocenters. The Kier molecular flexibility index (Phi) is 3.65. The Morgan fingerprint density at radius 1 is 1.22 bits per heavy atom. The number of aryl methyl sites for hydroxylation is 1. The second-order valence-electron chi connectivity index (χ2n) is 7.36. The molecule has 2 aliphatic rings. The zero-order chi connectivity index (χ0) is 18.5. The van der Waals surface area contributed by atoms with Gasteiger partial charge in [0, 0.05) is 24.1 Å². The maximum absolute atomic E-state index is 11.9. The third-order valence-corrected chi connectivity index (χ3v) is 6.03. The van der Waals surface area contributed by atoms with Crippen LogP contribution in [0.2, 0.25) is 0 Å². The van der Waals surface area contributed by atoms with Crippen molar-refractivity contribution in [3.63, 3.8) is 0 Å². The van der Waals surface area contributed by atoms with Crippen LogP contribution in [-0.4, -0.2) is 27.6 Å². The largest absolute Gasteiger partial charge is 0.388 e. The zero-order valence-corrected chi connectivity index (χ0v) is 15.1. The standard InChI is InChI=1S/C22H21N3O2/c1-23-22(27)14-7-8-15-13(10-14)6-9-18(21(15)26)20-17-5-3-2-4-16(17)19-11-24-12-25(19)20/h2-5,7-8,10-12,18,20-21,26H,6,9H2,1H3,(H,23,27)/t18?,20-,21?/m0/s1. The number of hydrogen-bond donors (Lipinski definition) is 2. The number of nitrogens with one attached hydrogen (secondary N) is 1.